The van der Waals surface area contributed by atoms with Crippen LogP contribution in [0.3, 0.4) is 0 Å². The number of unbranched alkanes of at least 4 members (excludes halogenated alkanes) is 26. The lowest BCUT2D eigenvalue weighted by Gasteiger charge is -2.21. The number of aliphatic hydroxyl groups excluding tert-OH is 1. The predicted octanol–water partition coefficient (Wildman–Crippen LogP) is 20.4. The van der Waals surface area contributed by atoms with Gasteiger partial charge >= 0.3 is 39.5 Å². The van der Waals surface area contributed by atoms with Crippen LogP contribution in [-0.2, 0) is 65.4 Å². The molecule has 5 atom stereocenters. The molecule has 0 aromatic rings. The molecule has 0 heterocycles. The van der Waals surface area contributed by atoms with E-state index < -0.39 is 97.5 Å². The molecule has 0 saturated heterocycles. The molecule has 542 valence electrons. The zero-order valence-corrected chi connectivity index (χ0v) is 60.7. The van der Waals surface area contributed by atoms with Crippen LogP contribution in [0.4, 0.5) is 0 Å². The third-order valence-corrected chi connectivity index (χ3v) is 16.9. The van der Waals surface area contributed by atoms with Crippen molar-refractivity contribution in [2.45, 2.75) is 316 Å². The monoisotopic (exact) mass is 1360 g/mol. The molecule has 19 heteroatoms. The van der Waals surface area contributed by atoms with Gasteiger partial charge in [-0.1, -0.05) is 253 Å². The van der Waals surface area contributed by atoms with Gasteiger partial charge in [-0.05, 0) is 116 Å². The fourth-order valence-electron chi connectivity index (χ4n) is 9.46. The maximum absolute atomic E-state index is 13.0. The van der Waals surface area contributed by atoms with Crippen LogP contribution >= 0.6 is 15.6 Å². The van der Waals surface area contributed by atoms with Crippen molar-refractivity contribution in [1.29, 1.82) is 0 Å². The van der Waals surface area contributed by atoms with E-state index >= 15 is 0 Å². The summed E-state index contributed by atoms with van der Waals surface area (Å²) in [4.78, 5) is 72.6. The Morgan fingerprint density at radius 2 is 0.585 bits per heavy atom. The van der Waals surface area contributed by atoms with E-state index in [-0.39, 0.29) is 25.7 Å². The molecule has 0 fully saturated rings. The summed E-state index contributed by atoms with van der Waals surface area (Å²) in [5.74, 6) is -2.26. The van der Waals surface area contributed by atoms with Crippen LogP contribution in [0.1, 0.15) is 297 Å². The Labute approximate surface area is 569 Å². The van der Waals surface area contributed by atoms with Crippen LogP contribution in [0.15, 0.2) is 97.2 Å². The van der Waals surface area contributed by atoms with Gasteiger partial charge < -0.3 is 33.8 Å². The number of aliphatic hydroxyl groups is 1. The van der Waals surface area contributed by atoms with Crippen LogP contribution < -0.4 is 0 Å². The average Bonchev–Trinajstić information content (AvgIpc) is 2.15. The summed E-state index contributed by atoms with van der Waals surface area (Å²) < 4.78 is 68.2. The molecular formula is C75H130O17P2. The first-order valence-electron chi connectivity index (χ1n) is 36.5. The van der Waals surface area contributed by atoms with Gasteiger partial charge in [0, 0.05) is 25.7 Å². The molecule has 5 unspecified atom stereocenters. The van der Waals surface area contributed by atoms with E-state index in [0.717, 1.165) is 148 Å². The molecule has 0 saturated carbocycles. The average molecular weight is 1370 g/mol. The SMILES string of the molecule is CC/C=C\C/C=C\C/C=C\C/C=C\C/C=C\CCCC(=O)OCC(COP(=O)(O)OCC(O)COP(=O)(O)OCC(COC(=O)CCCCCCC/C=C\C/C=C\CCC)OC(=O)CCCCCCCCCCCCC)OC(=O)CCCCCCC/C=C\CCCCCC. The van der Waals surface area contributed by atoms with Gasteiger partial charge in [-0.2, -0.15) is 0 Å². The quantitative estimate of drug-likeness (QED) is 0.0169. The van der Waals surface area contributed by atoms with Crippen LogP contribution in [0.5, 0.6) is 0 Å². The maximum Gasteiger partial charge on any atom is 0.472 e. The molecule has 94 heavy (non-hydrogen) atoms. The molecule has 3 N–H and O–H groups in total. The summed E-state index contributed by atoms with van der Waals surface area (Å²) in [7, 11) is -9.95. The van der Waals surface area contributed by atoms with E-state index in [1.165, 1.54) is 64.2 Å². The highest BCUT2D eigenvalue weighted by Gasteiger charge is 2.30. The second kappa shape index (κ2) is 67.5. The molecule has 0 aromatic carbocycles. The Bertz CT molecular complexity index is 2170. The summed E-state index contributed by atoms with van der Waals surface area (Å²) in [6.45, 7) is 4.58. The Morgan fingerprint density at radius 3 is 0.957 bits per heavy atom. The minimum Gasteiger partial charge on any atom is -0.462 e. The largest absolute Gasteiger partial charge is 0.472 e. The second-order valence-corrected chi connectivity index (χ2v) is 27.1. The fraction of sp³-hybridized carbons (Fsp3) is 0.733. The predicted molar refractivity (Wildman–Crippen MR) is 381 cm³/mol. The van der Waals surface area contributed by atoms with Gasteiger partial charge in [0.15, 0.2) is 12.2 Å². The highest BCUT2D eigenvalue weighted by Crippen LogP contribution is 2.45. The third-order valence-electron chi connectivity index (χ3n) is 15.0. The zero-order chi connectivity index (χ0) is 69.0. The van der Waals surface area contributed by atoms with E-state index in [4.69, 9.17) is 37.0 Å². The normalized spacial score (nSPS) is 14.6. The first-order chi connectivity index (χ1) is 45.7. The van der Waals surface area contributed by atoms with Crippen molar-refractivity contribution in [2.75, 3.05) is 39.6 Å². The van der Waals surface area contributed by atoms with Gasteiger partial charge in [0.1, 0.15) is 19.3 Å². The Hall–Kier alpha value is -4.02. The van der Waals surface area contributed by atoms with Gasteiger partial charge in [-0.15, -0.1) is 0 Å². The number of ether oxygens (including phenoxy) is 4. The molecule has 17 nitrogen and oxygen atoms in total. The van der Waals surface area contributed by atoms with E-state index in [1.807, 2.05) is 12.2 Å². The van der Waals surface area contributed by atoms with E-state index in [0.29, 0.717) is 32.1 Å². The molecule has 0 rings (SSSR count). The summed E-state index contributed by atoms with van der Waals surface area (Å²) in [6, 6.07) is 0. The summed E-state index contributed by atoms with van der Waals surface area (Å²) in [5.41, 5.74) is 0. The Morgan fingerprint density at radius 1 is 0.309 bits per heavy atom. The first kappa shape index (κ1) is 90.0. The van der Waals surface area contributed by atoms with Crippen LogP contribution in [-0.4, -0.2) is 96.7 Å². The molecule has 0 bridgehead atoms. The number of rotatable bonds is 68. The van der Waals surface area contributed by atoms with Crippen molar-refractivity contribution in [1.82, 2.24) is 0 Å². The van der Waals surface area contributed by atoms with Crippen molar-refractivity contribution < 1.29 is 80.2 Å². The van der Waals surface area contributed by atoms with E-state index in [1.54, 1.807) is 0 Å². The lowest BCUT2D eigenvalue weighted by molar-refractivity contribution is -0.161. The first-order valence-corrected chi connectivity index (χ1v) is 39.5. The number of hydrogen-bond acceptors (Lipinski definition) is 15. The summed E-state index contributed by atoms with van der Waals surface area (Å²) >= 11 is 0. The number of carbonyl (C=O) groups is 4. The molecule has 0 spiro atoms. The van der Waals surface area contributed by atoms with Crippen LogP contribution in [0.25, 0.3) is 0 Å². The lowest BCUT2D eigenvalue weighted by atomic mass is 10.1. The van der Waals surface area contributed by atoms with Crippen molar-refractivity contribution in [3.05, 3.63) is 97.2 Å². The Balaban J connectivity index is 5.37. The molecular weight excluding hydrogens is 1230 g/mol. The molecule has 0 amide bonds. The number of esters is 4. The van der Waals surface area contributed by atoms with E-state index in [2.05, 4.69) is 113 Å². The van der Waals surface area contributed by atoms with Gasteiger partial charge in [-0.25, -0.2) is 9.13 Å². The number of phosphoric acid groups is 2. The molecule has 0 aliphatic heterocycles. The number of hydrogen-bond donors (Lipinski definition) is 3. The minimum atomic E-state index is -4.98. The molecule has 0 aromatic heterocycles. The van der Waals surface area contributed by atoms with Crippen molar-refractivity contribution >= 4 is 39.5 Å². The van der Waals surface area contributed by atoms with Crippen LogP contribution in [0, 0.1) is 0 Å². The van der Waals surface area contributed by atoms with Crippen LogP contribution in [0.2, 0.25) is 0 Å². The molecule has 0 radical (unpaired) electrons. The highest BCUT2D eigenvalue weighted by atomic mass is 31.2. The standard InChI is InChI=1S/C75H130O17P2/c1-5-9-13-17-21-25-29-32-33-34-35-38-41-44-48-52-56-60-73(78)86-66-71(92-75(80)62-58-54-50-46-42-37-31-27-23-19-15-11-7-3)68-90-94(83,84)88-64-69(76)63-87-93(81,82)89-67-70(91-74(79)61-57-53-49-45-39-28-24-20-16-12-8-4)65-85-72(77)59-55-51-47-43-40-36-30-26-22-18-14-10-6-2/h9,13-14,18,21,25-27,30-33,35,38,44,48,69-71,76H,5-8,10-12,15-17,19-20,22-24,28-29,34,36-37,39-43,45-47,49-68H2,1-4H3,(H,81,82)(H,83,84)/b13-9-,18-14-,25-21-,30-26-,31-27-,33-32-,38-35-,48-44-. The van der Waals surface area contributed by atoms with Gasteiger partial charge in [0.2, 0.25) is 0 Å². The third kappa shape index (κ3) is 66.6. The van der Waals surface area contributed by atoms with E-state index in [9.17, 15) is 43.2 Å². The van der Waals surface area contributed by atoms with Gasteiger partial charge in [-0.3, -0.25) is 37.3 Å². The van der Waals surface area contributed by atoms with Crippen molar-refractivity contribution in [2.24, 2.45) is 0 Å². The van der Waals surface area contributed by atoms with Gasteiger partial charge in [0.25, 0.3) is 0 Å². The number of phosphoric ester groups is 2. The summed E-state index contributed by atoms with van der Waals surface area (Å²) in [5, 5.41) is 10.6. The molecule has 0 aliphatic carbocycles. The molecule has 0 aliphatic rings. The zero-order valence-electron chi connectivity index (χ0n) is 58.9. The maximum atomic E-state index is 13.0. The Kier molecular flexibility index (Phi) is 64.7. The van der Waals surface area contributed by atoms with Crippen molar-refractivity contribution in [3.8, 4) is 0 Å². The fourth-order valence-corrected chi connectivity index (χ4v) is 11.0. The topological polar surface area (TPSA) is 237 Å². The minimum absolute atomic E-state index is 0.0726. The van der Waals surface area contributed by atoms with Crippen molar-refractivity contribution in [3.63, 3.8) is 0 Å². The number of carbonyl (C=O) groups excluding carboxylic acids is 4. The smallest absolute Gasteiger partial charge is 0.462 e. The number of allylic oxidation sites excluding steroid dienone is 16. The van der Waals surface area contributed by atoms with Gasteiger partial charge in [0.05, 0.1) is 26.4 Å². The second-order valence-electron chi connectivity index (χ2n) is 24.2. The highest BCUT2D eigenvalue weighted by molar-refractivity contribution is 7.47. The lowest BCUT2D eigenvalue weighted by Crippen LogP contribution is -2.30. The summed E-state index contributed by atoms with van der Waals surface area (Å²) in [6.07, 6.45) is 68.5.